The lowest BCUT2D eigenvalue weighted by Gasteiger charge is -2.30. The molecule has 1 saturated carbocycles. The van der Waals surface area contributed by atoms with Gasteiger partial charge in [0.15, 0.2) is 0 Å². The number of hydrogen-bond donors (Lipinski definition) is 2. The minimum atomic E-state index is -0.188. The minimum absolute atomic E-state index is 0.164. The Hall–Kier alpha value is -3.80. The van der Waals surface area contributed by atoms with Crippen molar-refractivity contribution < 1.29 is 14.3 Å². The van der Waals surface area contributed by atoms with Crippen LogP contribution in [0.4, 0.5) is 16.2 Å². The highest BCUT2D eigenvalue weighted by molar-refractivity contribution is 6.03. The summed E-state index contributed by atoms with van der Waals surface area (Å²) in [7, 11) is 0. The van der Waals surface area contributed by atoms with Crippen molar-refractivity contribution >= 4 is 23.3 Å². The molecular weight excluding hydrogens is 438 g/mol. The van der Waals surface area contributed by atoms with E-state index in [-0.39, 0.29) is 11.9 Å². The molecule has 35 heavy (non-hydrogen) atoms. The number of rotatable bonds is 5. The van der Waals surface area contributed by atoms with E-state index in [1.54, 1.807) is 4.90 Å². The number of para-hydroxylation sites is 1. The molecule has 180 valence electrons. The van der Waals surface area contributed by atoms with Crippen LogP contribution in [0.25, 0.3) is 11.1 Å². The number of amides is 3. The second-order valence-electron chi connectivity index (χ2n) is 9.49. The molecule has 1 aliphatic heterocycles. The summed E-state index contributed by atoms with van der Waals surface area (Å²) in [4.78, 5) is 25.8. The van der Waals surface area contributed by atoms with Crippen LogP contribution in [0.5, 0.6) is 5.75 Å². The summed E-state index contributed by atoms with van der Waals surface area (Å²) in [6.45, 7) is 0.956. The van der Waals surface area contributed by atoms with Crippen LogP contribution in [0.1, 0.15) is 43.6 Å². The second-order valence-corrected chi connectivity index (χ2v) is 9.49. The lowest BCUT2D eigenvalue weighted by Crippen LogP contribution is -2.40. The summed E-state index contributed by atoms with van der Waals surface area (Å²) in [5, 5.41) is 2.96. The van der Waals surface area contributed by atoms with Gasteiger partial charge in [0.2, 0.25) is 5.91 Å². The molecule has 0 atom stereocenters. The third kappa shape index (κ3) is 5.32. The number of urea groups is 1. The highest BCUT2D eigenvalue weighted by atomic mass is 16.5. The summed E-state index contributed by atoms with van der Waals surface area (Å²) in [6.07, 6.45) is 4.84. The van der Waals surface area contributed by atoms with Crippen LogP contribution in [-0.4, -0.2) is 25.1 Å². The molecule has 0 aromatic heterocycles. The van der Waals surface area contributed by atoms with Crippen LogP contribution in [-0.2, 0) is 4.79 Å². The van der Waals surface area contributed by atoms with Crippen LogP contribution in [0.15, 0.2) is 72.8 Å². The van der Waals surface area contributed by atoms with Crippen molar-refractivity contribution in [2.75, 3.05) is 23.4 Å². The fourth-order valence-corrected chi connectivity index (χ4v) is 5.26. The molecule has 0 bridgehead atoms. The molecule has 5 rings (SSSR count). The van der Waals surface area contributed by atoms with E-state index in [0.29, 0.717) is 37.2 Å². The molecule has 2 aliphatic rings. The van der Waals surface area contributed by atoms with Crippen molar-refractivity contribution in [1.82, 2.24) is 0 Å². The monoisotopic (exact) mass is 469 g/mol. The summed E-state index contributed by atoms with van der Waals surface area (Å²) in [6, 6.07) is 24.1. The van der Waals surface area contributed by atoms with Gasteiger partial charge < -0.3 is 15.8 Å². The zero-order chi connectivity index (χ0) is 24.2. The molecule has 6 heteroatoms. The van der Waals surface area contributed by atoms with Crippen LogP contribution >= 0.6 is 0 Å². The lowest BCUT2D eigenvalue weighted by atomic mass is 9.77. The Morgan fingerprint density at radius 3 is 2.34 bits per heavy atom. The van der Waals surface area contributed by atoms with E-state index in [9.17, 15) is 9.59 Å². The van der Waals surface area contributed by atoms with Gasteiger partial charge in [-0.25, -0.2) is 4.79 Å². The van der Waals surface area contributed by atoms with Crippen molar-refractivity contribution in [3.05, 3.63) is 78.4 Å². The predicted octanol–water partition coefficient (Wildman–Crippen LogP) is 5.93. The maximum atomic E-state index is 12.9. The van der Waals surface area contributed by atoms with E-state index in [0.717, 1.165) is 48.2 Å². The Morgan fingerprint density at radius 2 is 1.63 bits per heavy atom. The largest absolute Gasteiger partial charge is 0.490 e. The van der Waals surface area contributed by atoms with Gasteiger partial charge in [0.05, 0.1) is 12.2 Å². The molecule has 0 unspecified atom stereocenters. The number of fused-ring (bicyclic) bond motifs is 1. The number of carbonyl (C=O) groups excluding carboxylic acids is 2. The average molecular weight is 470 g/mol. The summed E-state index contributed by atoms with van der Waals surface area (Å²) in [5.74, 6) is 1.50. The van der Waals surface area contributed by atoms with E-state index >= 15 is 0 Å². The maximum absolute atomic E-state index is 12.9. The van der Waals surface area contributed by atoms with Gasteiger partial charge in [-0.3, -0.25) is 9.69 Å². The normalized spacial score (nSPS) is 19.4. The molecule has 1 aliphatic carbocycles. The fourth-order valence-electron chi connectivity index (χ4n) is 5.26. The molecule has 0 radical (unpaired) electrons. The number of anilines is 2. The Labute approximate surface area is 206 Å². The molecule has 1 heterocycles. The number of ether oxygens (including phenoxy) is 1. The zero-order valence-electron chi connectivity index (χ0n) is 19.8. The van der Waals surface area contributed by atoms with Crippen molar-refractivity contribution in [3.8, 4) is 16.9 Å². The molecule has 3 N–H and O–H groups in total. The van der Waals surface area contributed by atoms with Crippen LogP contribution in [0.2, 0.25) is 0 Å². The number of carbonyl (C=O) groups is 2. The third-order valence-corrected chi connectivity index (χ3v) is 7.15. The van der Waals surface area contributed by atoms with Gasteiger partial charge in [-0.05, 0) is 78.5 Å². The first kappa shape index (κ1) is 23.0. The van der Waals surface area contributed by atoms with Crippen molar-refractivity contribution in [2.24, 2.45) is 11.7 Å². The average Bonchev–Trinajstić information content (AvgIpc) is 2.89. The highest BCUT2D eigenvalue weighted by Gasteiger charge is 2.25. The van der Waals surface area contributed by atoms with E-state index in [1.807, 2.05) is 48.5 Å². The third-order valence-electron chi connectivity index (χ3n) is 7.15. The van der Waals surface area contributed by atoms with Gasteiger partial charge in [-0.2, -0.15) is 0 Å². The first-order valence-electron chi connectivity index (χ1n) is 12.4. The number of nitrogens with zero attached hydrogens (tertiary/aromatic N) is 1. The second kappa shape index (κ2) is 10.2. The van der Waals surface area contributed by atoms with Gasteiger partial charge in [-0.15, -0.1) is 0 Å². The van der Waals surface area contributed by atoms with Gasteiger partial charge in [-0.1, -0.05) is 48.5 Å². The molecular formula is C29H31N3O3. The predicted molar refractivity (Wildman–Crippen MR) is 139 cm³/mol. The van der Waals surface area contributed by atoms with E-state index in [1.165, 1.54) is 5.56 Å². The van der Waals surface area contributed by atoms with Gasteiger partial charge in [0.1, 0.15) is 12.4 Å². The smallest absolute Gasteiger partial charge is 0.326 e. The highest BCUT2D eigenvalue weighted by Crippen LogP contribution is 2.39. The molecule has 3 aromatic rings. The summed E-state index contributed by atoms with van der Waals surface area (Å²) >= 11 is 0. The van der Waals surface area contributed by atoms with Crippen molar-refractivity contribution in [1.29, 1.82) is 0 Å². The van der Waals surface area contributed by atoms with Gasteiger partial charge >= 0.3 is 6.03 Å². The Bertz CT molecular complexity index is 1190. The Morgan fingerprint density at radius 1 is 0.914 bits per heavy atom. The van der Waals surface area contributed by atoms with E-state index in [4.69, 9.17) is 10.5 Å². The van der Waals surface area contributed by atoms with Crippen LogP contribution in [0, 0.1) is 5.92 Å². The summed E-state index contributed by atoms with van der Waals surface area (Å²) in [5.41, 5.74) is 10.4. The Balaban J connectivity index is 1.27. The topological polar surface area (TPSA) is 84.7 Å². The zero-order valence-corrected chi connectivity index (χ0v) is 19.8. The first-order chi connectivity index (χ1) is 17.1. The van der Waals surface area contributed by atoms with Crippen LogP contribution < -0.4 is 20.7 Å². The molecule has 6 nitrogen and oxygen atoms in total. The number of primary amides is 1. The molecule has 0 saturated heterocycles. The molecule has 0 spiro atoms. The number of benzene rings is 3. The van der Waals surface area contributed by atoms with E-state index in [2.05, 4.69) is 29.6 Å². The van der Waals surface area contributed by atoms with Crippen molar-refractivity contribution in [2.45, 2.75) is 38.0 Å². The Kier molecular flexibility index (Phi) is 6.70. The SMILES string of the molecule is NC(=O)CC1CCC(c2ccc(-c3ccc4c(c3)OCCN4C(=O)Nc3ccccc3)cc2)CC1. The van der Waals surface area contributed by atoms with E-state index < -0.39 is 0 Å². The number of nitrogens with one attached hydrogen (secondary N) is 1. The molecule has 3 aromatic carbocycles. The van der Waals surface area contributed by atoms with Gasteiger partial charge in [0.25, 0.3) is 0 Å². The number of nitrogens with two attached hydrogens (primary N) is 1. The standard InChI is InChI=1S/C29H31N3O3/c30-28(33)18-20-6-8-21(9-7-20)22-10-12-23(13-11-22)24-14-15-26-27(19-24)35-17-16-32(26)29(34)31-25-4-2-1-3-5-25/h1-5,10-15,19-21H,6-9,16-18H2,(H2,30,33)(H,31,34). The minimum Gasteiger partial charge on any atom is -0.490 e. The molecule has 3 amide bonds. The first-order valence-corrected chi connectivity index (χ1v) is 12.4. The fraction of sp³-hybridized carbons (Fsp3) is 0.310. The van der Waals surface area contributed by atoms with Gasteiger partial charge in [0, 0.05) is 12.1 Å². The number of hydrogen-bond acceptors (Lipinski definition) is 3. The molecule has 1 fully saturated rings. The quantitative estimate of drug-likeness (QED) is 0.485. The van der Waals surface area contributed by atoms with Crippen molar-refractivity contribution in [3.63, 3.8) is 0 Å². The maximum Gasteiger partial charge on any atom is 0.326 e. The lowest BCUT2D eigenvalue weighted by molar-refractivity contribution is -0.119. The van der Waals surface area contributed by atoms with Crippen LogP contribution in [0.3, 0.4) is 0 Å². The summed E-state index contributed by atoms with van der Waals surface area (Å²) < 4.78 is 5.92.